The first-order chi connectivity index (χ1) is 8.15. The molecule has 0 atom stereocenters. The molecule has 0 radical (unpaired) electrons. The molecule has 0 aliphatic heterocycles. The lowest BCUT2D eigenvalue weighted by atomic mass is 10.2. The third-order valence-electron chi connectivity index (χ3n) is 2.28. The van der Waals surface area contributed by atoms with E-state index in [1.54, 1.807) is 12.1 Å². The molecule has 0 saturated heterocycles. The van der Waals surface area contributed by atoms with Crippen LogP contribution in [0.3, 0.4) is 0 Å². The van der Waals surface area contributed by atoms with Gasteiger partial charge in [0.15, 0.2) is 11.6 Å². The largest absolute Gasteiger partial charge is 0.481 e. The molecule has 1 heterocycles. The van der Waals surface area contributed by atoms with E-state index in [9.17, 15) is 4.79 Å². The molecule has 0 bridgehead atoms. The van der Waals surface area contributed by atoms with Gasteiger partial charge in [-0.15, -0.1) is 0 Å². The minimum absolute atomic E-state index is 0.0268. The summed E-state index contributed by atoms with van der Waals surface area (Å²) < 4.78 is 0. The number of aromatic nitrogens is 3. The molecule has 6 nitrogen and oxygen atoms in total. The van der Waals surface area contributed by atoms with Crippen molar-refractivity contribution < 1.29 is 9.90 Å². The first-order valence-electron chi connectivity index (χ1n) is 5.14. The van der Waals surface area contributed by atoms with Crippen molar-refractivity contribution in [2.24, 2.45) is 0 Å². The van der Waals surface area contributed by atoms with Crippen molar-refractivity contribution in [2.45, 2.75) is 12.8 Å². The second kappa shape index (κ2) is 4.65. The van der Waals surface area contributed by atoms with Gasteiger partial charge in [0.2, 0.25) is 0 Å². The van der Waals surface area contributed by atoms with Gasteiger partial charge in [-0.05, 0) is 24.3 Å². The summed E-state index contributed by atoms with van der Waals surface area (Å²) in [6.07, 6.45) is 0.347. The fourth-order valence-electron chi connectivity index (χ4n) is 1.40. The highest BCUT2D eigenvalue weighted by Gasteiger charge is 2.07. The Bertz CT molecular complexity index is 519. The number of anilines is 1. The Morgan fingerprint density at radius 1 is 1.35 bits per heavy atom. The van der Waals surface area contributed by atoms with Crippen LogP contribution >= 0.6 is 0 Å². The molecule has 1 aromatic carbocycles. The molecule has 0 unspecified atom stereocenters. The Balaban J connectivity index is 2.12. The predicted octanol–water partition coefficient (Wildman–Crippen LogP) is 1.07. The van der Waals surface area contributed by atoms with Crippen LogP contribution in [0.25, 0.3) is 11.4 Å². The van der Waals surface area contributed by atoms with E-state index in [4.69, 9.17) is 10.8 Å². The molecular formula is C11H12N4O2. The van der Waals surface area contributed by atoms with E-state index in [2.05, 4.69) is 15.2 Å². The molecule has 0 saturated carbocycles. The molecular weight excluding hydrogens is 220 g/mol. The lowest BCUT2D eigenvalue weighted by Gasteiger charge is -1.96. The van der Waals surface area contributed by atoms with Gasteiger partial charge < -0.3 is 10.8 Å². The maximum Gasteiger partial charge on any atom is 0.303 e. The van der Waals surface area contributed by atoms with E-state index < -0.39 is 5.97 Å². The average molecular weight is 232 g/mol. The third kappa shape index (κ3) is 2.81. The summed E-state index contributed by atoms with van der Waals surface area (Å²) in [6.45, 7) is 0. The monoisotopic (exact) mass is 232 g/mol. The Hall–Kier alpha value is -2.37. The minimum atomic E-state index is -0.858. The van der Waals surface area contributed by atoms with Gasteiger partial charge >= 0.3 is 5.97 Å². The molecule has 0 spiro atoms. The number of nitrogen functional groups attached to an aromatic ring is 1. The zero-order chi connectivity index (χ0) is 12.3. The number of benzene rings is 1. The second-order valence-corrected chi connectivity index (χ2v) is 3.62. The molecule has 0 amide bonds. The fourth-order valence-corrected chi connectivity index (χ4v) is 1.40. The fraction of sp³-hybridized carbons (Fsp3) is 0.182. The van der Waals surface area contributed by atoms with E-state index in [0.29, 0.717) is 23.8 Å². The van der Waals surface area contributed by atoms with Crippen LogP contribution in [0.1, 0.15) is 12.2 Å². The number of hydrogen-bond acceptors (Lipinski definition) is 4. The van der Waals surface area contributed by atoms with Gasteiger partial charge in [0.1, 0.15) is 0 Å². The average Bonchev–Trinajstić information content (AvgIpc) is 2.76. The lowest BCUT2D eigenvalue weighted by Crippen LogP contribution is -1.98. The highest BCUT2D eigenvalue weighted by Crippen LogP contribution is 2.16. The Morgan fingerprint density at radius 2 is 2.06 bits per heavy atom. The number of aromatic amines is 1. The van der Waals surface area contributed by atoms with Crippen molar-refractivity contribution in [3.05, 3.63) is 30.1 Å². The van der Waals surface area contributed by atoms with Crippen molar-refractivity contribution in [3.63, 3.8) is 0 Å². The summed E-state index contributed by atoms with van der Waals surface area (Å²) in [7, 11) is 0. The van der Waals surface area contributed by atoms with Gasteiger partial charge in [0, 0.05) is 17.7 Å². The Kier molecular flexibility index (Phi) is 3.04. The number of nitrogens with one attached hydrogen (secondary N) is 1. The number of aryl methyl sites for hydroxylation is 1. The Labute approximate surface area is 97.5 Å². The number of hydrogen-bond donors (Lipinski definition) is 3. The van der Waals surface area contributed by atoms with Gasteiger partial charge in [0.05, 0.1) is 6.42 Å². The number of nitrogens with zero attached hydrogens (tertiary/aromatic N) is 2. The number of carboxylic acid groups (broad SMARTS) is 1. The van der Waals surface area contributed by atoms with Crippen LogP contribution in [0.4, 0.5) is 5.69 Å². The summed E-state index contributed by atoms with van der Waals surface area (Å²) in [4.78, 5) is 14.6. The topological polar surface area (TPSA) is 105 Å². The van der Waals surface area contributed by atoms with E-state index in [1.165, 1.54) is 0 Å². The van der Waals surface area contributed by atoms with Crippen LogP contribution in [0, 0.1) is 0 Å². The number of rotatable bonds is 4. The van der Waals surface area contributed by atoms with Crippen molar-refractivity contribution in [3.8, 4) is 11.4 Å². The number of carbonyl (C=O) groups is 1. The summed E-state index contributed by atoms with van der Waals surface area (Å²) in [5.41, 5.74) is 7.13. The Morgan fingerprint density at radius 3 is 2.71 bits per heavy atom. The number of H-pyrrole nitrogens is 1. The van der Waals surface area contributed by atoms with Crippen molar-refractivity contribution in [1.82, 2.24) is 15.2 Å². The molecule has 17 heavy (non-hydrogen) atoms. The third-order valence-corrected chi connectivity index (χ3v) is 2.28. The first kappa shape index (κ1) is 11.1. The number of aliphatic carboxylic acids is 1. The molecule has 0 aliphatic carbocycles. The standard InChI is InChI=1S/C11H12N4O2/c12-8-3-1-7(2-4-8)11-13-9(14-15-11)5-6-10(16)17/h1-4H,5-6,12H2,(H,16,17)(H,13,14,15). The van der Waals surface area contributed by atoms with Gasteiger partial charge in [-0.25, -0.2) is 4.98 Å². The summed E-state index contributed by atoms with van der Waals surface area (Å²) >= 11 is 0. The molecule has 88 valence electrons. The zero-order valence-corrected chi connectivity index (χ0v) is 9.05. The summed E-state index contributed by atoms with van der Waals surface area (Å²) in [5.74, 6) is 0.258. The zero-order valence-electron chi connectivity index (χ0n) is 9.05. The highest BCUT2D eigenvalue weighted by atomic mass is 16.4. The van der Waals surface area contributed by atoms with Crippen molar-refractivity contribution in [2.75, 3.05) is 5.73 Å². The molecule has 2 aromatic rings. The van der Waals surface area contributed by atoms with Gasteiger partial charge in [-0.3, -0.25) is 9.89 Å². The van der Waals surface area contributed by atoms with Crippen LogP contribution in [-0.4, -0.2) is 26.3 Å². The molecule has 6 heteroatoms. The summed E-state index contributed by atoms with van der Waals surface area (Å²) in [5, 5.41) is 15.3. The molecule has 2 rings (SSSR count). The van der Waals surface area contributed by atoms with E-state index in [-0.39, 0.29) is 6.42 Å². The minimum Gasteiger partial charge on any atom is -0.481 e. The van der Waals surface area contributed by atoms with Crippen LogP contribution in [0.15, 0.2) is 24.3 Å². The lowest BCUT2D eigenvalue weighted by molar-refractivity contribution is -0.137. The van der Waals surface area contributed by atoms with Crippen LogP contribution < -0.4 is 5.73 Å². The maximum absolute atomic E-state index is 10.4. The van der Waals surface area contributed by atoms with Crippen LogP contribution in [-0.2, 0) is 11.2 Å². The predicted molar refractivity (Wildman–Crippen MR) is 62.2 cm³/mol. The van der Waals surface area contributed by atoms with Gasteiger partial charge in [-0.1, -0.05) is 0 Å². The molecule has 4 N–H and O–H groups in total. The molecule has 1 aromatic heterocycles. The number of nitrogens with two attached hydrogens (primary N) is 1. The maximum atomic E-state index is 10.4. The van der Waals surface area contributed by atoms with Crippen molar-refractivity contribution >= 4 is 11.7 Å². The number of carboxylic acids is 1. The smallest absolute Gasteiger partial charge is 0.303 e. The van der Waals surface area contributed by atoms with Crippen LogP contribution in [0.2, 0.25) is 0 Å². The van der Waals surface area contributed by atoms with Gasteiger partial charge in [-0.2, -0.15) is 5.10 Å². The second-order valence-electron chi connectivity index (χ2n) is 3.62. The SMILES string of the molecule is Nc1ccc(-c2nc(CCC(=O)O)n[nH]2)cc1. The van der Waals surface area contributed by atoms with E-state index in [1.807, 2.05) is 12.1 Å². The highest BCUT2D eigenvalue weighted by molar-refractivity contribution is 5.67. The summed E-state index contributed by atoms with van der Waals surface area (Å²) in [6, 6.07) is 7.21. The normalized spacial score (nSPS) is 10.4. The molecule has 0 aliphatic rings. The van der Waals surface area contributed by atoms with Gasteiger partial charge in [0.25, 0.3) is 0 Å². The van der Waals surface area contributed by atoms with Crippen LogP contribution in [0.5, 0.6) is 0 Å². The first-order valence-corrected chi connectivity index (χ1v) is 5.14. The molecule has 0 fully saturated rings. The quantitative estimate of drug-likeness (QED) is 0.684. The van der Waals surface area contributed by atoms with Crippen molar-refractivity contribution in [1.29, 1.82) is 0 Å². The van der Waals surface area contributed by atoms with E-state index in [0.717, 1.165) is 5.56 Å². The van der Waals surface area contributed by atoms with E-state index >= 15 is 0 Å².